The smallest absolute Gasteiger partial charge is 0.410 e. The van der Waals surface area contributed by atoms with Gasteiger partial charge in [0.25, 0.3) is 11.8 Å². The van der Waals surface area contributed by atoms with Crippen molar-refractivity contribution in [2.75, 3.05) is 45.3 Å². The molecule has 9 heteroatoms. The lowest BCUT2D eigenvalue weighted by Gasteiger charge is -2.37. The molecule has 2 aromatic rings. The first kappa shape index (κ1) is 24.4. The molecule has 0 aromatic heterocycles. The molecule has 2 aromatic carbocycles. The third kappa shape index (κ3) is 4.89. The molecule has 4 rings (SSSR count). The number of carbonyl (C=O) groups excluding carboxylic acids is 3. The Balaban J connectivity index is 1.51. The highest BCUT2D eigenvalue weighted by atomic mass is 16.6. The Morgan fingerprint density at radius 1 is 0.914 bits per heavy atom. The molecule has 0 bridgehead atoms. The van der Waals surface area contributed by atoms with Crippen molar-refractivity contribution in [3.63, 3.8) is 0 Å². The summed E-state index contributed by atoms with van der Waals surface area (Å²) in [5.41, 5.74) is 1.70. The first-order chi connectivity index (χ1) is 16.6. The minimum Gasteiger partial charge on any atom is -0.493 e. The fraction of sp³-hybridized carbons (Fsp3) is 0.423. The van der Waals surface area contributed by atoms with Crippen LogP contribution in [0.2, 0.25) is 0 Å². The van der Waals surface area contributed by atoms with Gasteiger partial charge in [0.1, 0.15) is 5.60 Å². The predicted molar refractivity (Wildman–Crippen MR) is 130 cm³/mol. The molecule has 3 amide bonds. The molecule has 9 nitrogen and oxygen atoms in total. The van der Waals surface area contributed by atoms with Crippen LogP contribution in [0.1, 0.15) is 47.1 Å². The number of nitrogens with zero attached hydrogens (tertiary/aromatic N) is 3. The molecule has 0 saturated carbocycles. The second-order valence-corrected chi connectivity index (χ2v) is 9.54. The van der Waals surface area contributed by atoms with Crippen LogP contribution in [0.5, 0.6) is 11.5 Å². The molecule has 35 heavy (non-hydrogen) atoms. The lowest BCUT2D eigenvalue weighted by Crippen LogP contribution is -2.50. The average molecular weight is 482 g/mol. The fourth-order valence-electron chi connectivity index (χ4n) is 4.34. The average Bonchev–Trinajstić information content (AvgIpc) is 3.08. The minimum atomic E-state index is -0.557. The summed E-state index contributed by atoms with van der Waals surface area (Å²) in [5, 5.41) is 0. The minimum absolute atomic E-state index is 0.124. The Morgan fingerprint density at radius 3 is 2.23 bits per heavy atom. The molecule has 186 valence electrons. The Hall–Kier alpha value is -3.75. The third-order valence-corrected chi connectivity index (χ3v) is 6.04. The molecule has 0 spiro atoms. The molecule has 2 heterocycles. The summed E-state index contributed by atoms with van der Waals surface area (Å²) < 4.78 is 16.1. The van der Waals surface area contributed by atoms with E-state index >= 15 is 0 Å². The number of imide groups is 1. The first-order valence-corrected chi connectivity index (χ1v) is 11.6. The number of carbonyl (C=O) groups is 3. The van der Waals surface area contributed by atoms with Crippen LogP contribution in [-0.4, -0.2) is 73.7 Å². The van der Waals surface area contributed by atoms with E-state index in [1.807, 2.05) is 37.8 Å². The monoisotopic (exact) mass is 481 g/mol. The summed E-state index contributed by atoms with van der Waals surface area (Å²) in [7, 11) is 3.09. The molecule has 0 atom stereocenters. The standard InChI is InChI=1S/C26H31N3O6/c1-26(2,3)35-25(32)28-13-11-27(12-14-28)19-8-6-7-18-22(19)24(31)29(23(18)30)16-17-9-10-20(33-4)21(15-17)34-5/h6-10,15H,11-14,16H2,1-5H3. The number of piperazine rings is 1. The van der Waals surface area contributed by atoms with E-state index in [0.717, 1.165) is 5.56 Å². The van der Waals surface area contributed by atoms with Crippen molar-refractivity contribution in [2.45, 2.75) is 32.9 Å². The Morgan fingerprint density at radius 2 is 1.60 bits per heavy atom. The van der Waals surface area contributed by atoms with Gasteiger partial charge >= 0.3 is 6.09 Å². The molecular weight excluding hydrogens is 450 g/mol. The Kier molecular flexibility index (Phi) is 6.60. The third-order valence-electron chi connectivity index (χ3n) is 6.04. The topological polar surface area (TPSA) is 88.6 Å². The van der Waals surface area contributed by atoms with Gasteiger partial charge < -0.3 is 24.0 Å². The molecule has 0 unspecified atom stereocenters. The number of methoxy groups -OCH3 is 2. The zero-order chi connectivity index (χ0) is 25.3. The molecule has 0 N–H and O–H groups in total. The van der Waals surface area contributed by atoms with Gasteiger partial charge in [0.05, 0.1) is 37.6 Å². The molecule has 1 fully saturated rings. The maximum atomic E-state index is 13.4. The Bertz CT molecular complexity index is 1150. The number of rotatable bonds is 5. The maximum absolute atomic E-state index is 13.4. The summed E-state index contributed by atoms with van der Waals surface area (Å²) >= 11 is 0. The summed E-state index contributed by atoms with van der Waals surface area (Å²) in [6.45, 7) is 7.64. The number of amides is 3. The van der Waals surface area contributed by atoms with Crippen LogP contribution in [0, 0.1) is 0 Å². The van der Waals surface area contributed by atoms with Gasteiger partial charge in [-0.2, -0.15) is 0 Å². The number of hydrogen-bond acceptors (Lipinski definition) is 7. The summed E-state index contributed by atoms with van der Waals surface area (Å²) in [6.07, 6.45) is -0.345. The number of anilines is 1. The van der Waals surface area contributed by atoms with Crippen LogP contribution in [-0.2, 0) is 11.3 Å². The molecule has 2 aliphatic heterocycles. The lowest BCUT2D eigenvalue weighted by atomic mass is 10.1. The van der Waals surface area contributed by atoms with E-state index < -0.39 is 5.60 Å². The van der Waals surface area contributed by atoms with Crippen molar-refractivity contribution in [1.29, 1.82) is 0 Å². The molecule has 1 saturated heterocycles. The normalized spacial score (nSPS) is 15.9. The van der Waals surface area contributed by atoms with Crippen LogP contribution in [0.25, 0.3) is 0 Å². The highest BCUT2D eigenvalue weighted by Gasteiger charge is 2.39. The van der Waals surface area contributed by atoms with Gasteiger partial charge in [-0.05, 0) is 50.6 Å². The van der Waals surface area contributed by atoms with Crippen LogP contribution in [0.4, 0.5) is 10.5 Å². The van der Waals surface area contributed by atoms with Gasteiger partial charge in [-0.1, -0.05) is 12.1 Å². The maximum Gasteiger partial charge on any atom is 0.410 e. The first-order valence-electron chi connectivity index (χ1n) is 11.6. The fourth-order valence-corrected chi connectivity index (χ4v) is 4.34. The SMILES string of the molecule is COc1ccc(CN2C(=O)c3cccc(N4CCN(C(=O)OC(C)(C)C)CC4)c3C2=O)cc1OC. The zero-order valence-corrected chi connectivity index (χ0v) is 20.8. The van der Waals surface area contributed by atoms with Crippen molar-refractivity contribution < 1.29 is 28.6 Å². The molecular formula is C26H31N3O6. The van der Waals surface area contributed by atoms with Crippen LogP contribution < -0.4 is 14.4 Å². The predicted octanol–water partition coefficient (Wildman–Crippen LogP) is 3.56. The Labute approximate surface area is 205 Å². The zero-order valence-electron chi connectivity index (χ0n) is 20.8. The van der Waals surface area contributed by atoms with Crippen molar-refractivity contribution in [3.8, 4) is 11.5 Å². The lowest BCUT2D eigenvalue weighted by molar-refractivity contribution is 0.0240. The highest BCUT2D eigenvalue weighted by Crippen LogP contribution is 2.34. The molecule has 2 aliphatic rings. The number of hydrogen-bond donors (Lipinski definition) is 0. The molecule has 0 radical (unpaired) electrons. The van der Waals surface area contributed by atoms with Gasteiger partial charge in [0.2, 0.25) is 0 Å². The van der Waals surface area contributed by atoms with Gasteiger partial charge in [-0.25, -0.2) is 4.79 Å². The van der Waals surface area contributed by atoms with Crippen LogP contribution >= 0.6 is 0 Å². The molecule has 0 aliphatic carbocycles. The largest absolute Gasteiger partial charge is 0.493 e. The van der Waals surface area contributed by atoms with Crippen LogP contribution in [0.15, 0.2) is 36.4 Å². The second kappa shape index (κ2) is 9.48. The van der Waals surface area contributed by atoms with E-state index in [2.05, 4.69) is 0 Å². The van der Waals surface area contributed by atoms with E-state index in [9.17, 15) is 14.4 Å². The van der Waals surface area contributed by atoms with Crippen molar-refractivity contribution in [3.05, 3.63) is 53.1 Å². The summed E-state index contributed by atoms with van der Waals surface area (Å²) in [6, 6.07) is 10.7. The number of benzene rings is 2. The van der Waals surface area contributed by atoms with Crippen molar-refractivity contribution >= 4 is 23.6 Å². The van der Waals surface area contributed by atoms with E-state index in [-0.39, 0.29) is 24.5 Å². The number of ether oxygens (including phenoxy) is 3. The van der Waals surface area contributed by atoms with Crippen LogP contribution in [0.3, 0.4) is 0 Å². The van der Waals surface area contributed by atoms with E-state index in [0.29, 0.717) is 54.5 Å². The second-order valence-electron chi connectivity index (χ2n) is 9.54. The van der Waals surface area contributed by atoms with Gasteiger partial charge in [0.15, 0.2) is 11.5 Å². The van der Waals surface area contributed by atoms with Gasteiger partial charge in [-0.15, -0.1) is 0 Å². The van der Waals surface area contributed by atoms with Crippen molar-refractivity contribution in [2.24, 2.45) is 0 Å². The number of fused-ring (bicyclic) bond motifs is 1. The van der Waals surface area contributed by atoms with Gasteiger partial charge in [0, 0.05) is 26.2 Å². The van der Waals surface area contributed by atoms with E-state index in [1.54, 1.807) is 43.4 Å². The highest BCUT2D eigenvalue weighted by molar-refractivity contribution is 6.23. The van der Waals surface area contributed by atoms with E-state index in [1.165, 1.54) is 4.90 Å². The van der Waals surface area contributed by atoms with Gasteiger partial charge in [-0.3, -0.25) is 14.5 Å². The van der Waals surface area contributed by atoms with Crippen molar-refractivity contribution in [1.82, 2.24) is 9.80 Å². The summed E-state index contributed by atoms with van der Waals surface area (Å²) in [5.74, 6) is 0.454. The quantitative estimate of drug-likeness (QED) is 0.604. The van der Waals surface area contributed by atoms with E-state index in [4.69, 9.17) is 14.2 Å². The summed E-state index contributed by atoms with van der Waals surface area (Å²) in [4.78, 5) is 44.0.